The van der Waals surface area contributed by atoms with E-state index >= 15 is 0 Å². The average Bonchev–Trinajstić information content (AvgIpc) is 2.25. The molecule has 1 aromatic carbocycles. The van der Waals surface area contributed by atoms with Crippen LogP contribution in [0.3, 0.4) is 0 Å². The number of amides is 1. The number of nitrogens with zero attached hydrogens (tertiary/aromatic N) is 1. The van der Waals surface area contributed by atoms with Crippen molar-refractivity contribution in [2.24, 2.45) is 0 Å². The lowest BCUT2D eigenvalue weighted by Crippen LogP contribution is -2.60. The molecule has 0 aliphatic carbocycles. The Morgan fingerprint density at radius 2 is 1.85 bits per heavy atom. The molecule has 1 N–H and O–H groups in total. The minimum atomic E-state index is -3.58. The molecular weight excluding hydrogens is 276 g/mol. The van der Waals surface area contributed by atoms with Crippen LogP contribution in [0.1, 0.15) is 27.2 Å². The van der Waals surface area contributed by atoms with Gasteiger partial charge in [0.25, 0.3) is 0 Å². The molecule has 0 spiro atoms. The first-order chi connectivity index (χ1) is 9.22. The number of rotatable bonds is 3. The largest absolute Gasteiger partial charge is 0.350 e. The average molecular weight is 296 g/mol. The highest BCUT2D eigenvalue weighted by molar-refractivity contribution is 7.89. The second-order valence-electron chi connectivity index (χ2n) is 5.97. The highest BCUT2D eigenvalue weighted by Gasteiger charge is 2.43. The molecule has 1 heterocycles. The van der Waals surface area contributed by atoms with Crippen molar-refractivity contribution in [1.29, 1.82) is 0 Å². The second-order valence-corrected chi connectivity index (χ2v) is 7.86. The van der Waals surface area contributed by atoms with Crippen LogP contribution in [-0.4, -0.2) is 36.8 Å². The minimum Gasteiger partial charge on any atom is -0.350 e. The summed E-state index contributed by atoms with van der Waals surface area (Å²) in [5, 5.41) is 2.83. The summed E-state index contributed by atoms with van der Waals surface area (Å²) < 4.78 is 26.1. The van der Waals surface area contributed by atoms with E-state index < -0.39 is 16.1 Å². The molecule has 1 aromatic rings. The van der Waals surface area contributed by atoms with Gasteiger partial charge in [0.1, 0.15) is 6.04 Å². The monoisotopic (exact) mass is 296 g/mol. The Hall–Kier alpha value is -1.40. The molecule has 0 radical (unpaired) electrons. The van der Waals surface area contributed by atoms with Crippen LogP contribution in [-0.2, 0) is 14.8 Å². The fraction of sp³-hybridized carbons (Fsp3) is 0.500. The van der Waals surface area contributed by atoms with Crippen LogP contribution < -0.4 is 5.32 Å². The normalized spacial score (nSPS) is 20.2. The Bertz CT molecular complexity index is 591. The van der Waals surface area contributed by atoms with Gasteiger partial charge >= 0.3 is 0 Å². The van der Waals surface area contributed by atoms with E-state index in [1.807, 2.05) is 20.8 Å². The van der Waals surface area contributed by atoms with Crippen molar-refractivity contribution in [1.82, 2.24) is 9.62 Å². The highest BCUT2D eigenvalue weighted by Crippen LogP contribution is 2.27. The van der Waals surface area contributed by atoms with E-state index in [2.05, 4.69) is 5.32 Å². The third-order valence-electron chi connectivity index (χ3n) is 3.12. The molecule has 1 unspecified atom stereocenters. The van der Waals surface area contributed by atoms with Crippen LogP contribution in [0.2, 0.25) is 0 Å². The lowest BCUT2D eigenvalue weighted by Gasteiger charge is -2.39. The number of sulfonamides is 1. The van der Waals surface area contributed by atoms with Crippen molar-refractivity contribution in [3.63, 3.8) is 0 Å². The van der Waals surface area contributed by atoms with E-state index in [0.29, 0.717) is 13.0 Å². The molecule has 1 amide bonds. The van der Waals surface area contributed by atoms with Crippen molar-refractivity contribution in [3.05, 3.63) is 30.3 Å². The quantitative estimate of drug-likeness (QED) is 0.916. The van der Waals surface area contributed by atoms with Crippen molar-refractivity contribution in [2.75, 3.05) is 6.54 Å². The fourth-order valence-corrected chi connectivity index (χ4v) is 3.75. The molecule has 0 aromatic heterocycles. The molecule has 0 saturated carbocycles. The molecule has 1 atom stereocenters. The van der Waals surface area contributed by atoms with Gasteiger partial charge in [-0.25, -0.2) is 8.42 Å². The van der Waals surface area contributed by atoms with E-state index in [1.54, 1.807) is 30.3 Å². The van der Waals surface area contributed by atoms with Gasteiger partial charge in [0.05, 0.1) is 4.90 Å². The van der Waals surface area contributed by atoms with Gasteiger partial charge in [-0.15, -0.1) is 0 Å². The van der Waals surface area contributed by atoms with Gasteiger partial charge in [0, 0.05) is 12.1 Å². The molecule has 2 rings (SSSR count). The number of carbonyl (C=O) groups is 1. The van der Waals surface area contributed by atoms with Gasteiger partial charge in [-0.05, 0) is 39.3 Å². The number of nitrogens with one attached hydrogen (secondary N) is 1. The topological polar surface area (TPSA) is 66.5 Å². The zero-order chi connectivity index (χ0) is 15.0. The summed E-state index contributed by atoms with van der Waals surface area (Å²) in [6.45, 7) is 6.01. The first-order valence-electron chi connectivity index (χ1n) is 6.61. The summed E-state index contributed by atoms with van der Waals surface area (Å²) in [4.78, 5) is 12.3. The summed E-state index contributed by atoms with van der Waals surface area (Å²) in [7, 11) is -3.58. The maximum atomic E-state index is 12.4. The van der Waals surface area contributed by atoms with Crippen LogP contribution >= 0.6 is 0 Å². The zero-order valence-corrected chi connectivity index (χ0v) is 12.8. The summed E-state index contributed by atoms with van der Waals surface area (Å²) in [6.07, 6.45) is 0.563. The van der Waals surface area contributed by atoms with Gasteiger partial charge < -0.3 is 5.32 Å². The summed E-state index contributed by atoms with van der Waals surface area (Å²) in [5.41, 5.74) is -0.366. The van der Waals surface area contributed by atoms with Gasteiger partial charge in [-0.3, -0.25) is 4.79 Å². The molecule has 20 heavy (non-hydrogen) atoms. The smallest absolute Gasteiger partial charge is 0.243 e. The van der Waals surface area contributed by atoms with Crippen LogP contribution in [0.5, 0.6) is 0 Å². The fourth-order valence-electron chi connectivity index (χ4n) is 2.09. The van der Waals surface area contributed by atoms with E-state index in [-0.39, 0.29) is 16.3 Å². The molecule has 1 aliphatic rings. The van der Waals surface area contributed by atoms with E-state index in [0.717, 1.165) is 0 Å². The molecule has 110 valence electrons. The molecule has 1 fully saturated rings. The van der Waals surface area contributed by atoms with Crippen molar-refractivity contribution < 1.29 is 13.2 Å². The number of carbonyl (C=O) groups excluding carboxylic acids is 1. The molecule has 6 heteroatoms. The van der Waals surface area contributed by atoms with Gasteiger partial charge in [-0.2, -0.15) is 4.31 Å². The van der Waals surface area contributed by atoms with Crippen molar-refractivity contribution in [2.45, 2.75) is 43.7 Å². The Morgan fingerprint density at radius 3 is 2.30 bits per heavy atom. The Balaban J connectivity index is 2.17. The Kier molecular flexibility index (Phi) is 3.88. The van der Waals surface area contributed by atoms with Crippen LogP contribution in [0, 0.1) is 0 Å². The first-order valence-corrected chi connectivity index (χ1v) is 8.05. The first kappa shape index (κ1) is 15.0. The SMILES string of the molecule is CC(C)(C)NC(=O)C1CCN1S(=O)(=O)c1ccccc1. The lowest BCUT2D eigenvalue weighted by molar-refractivity contribution is -0.129. The minimum absolute atomic E-state index is 0.230. The lowest BCUT2D eigenvalue weighted by atomic mass is 10.0. The Morgan fingerprint density at radius 1 is 1.25 bits per heavy atom. The number of hydrogen-bond donors (Lipinski definition) is 1. The predicted octanol–water partition coefficient (Wildman–Crippen LogP) is 1.36. The molecule has 0 bridgehead atoms. The summed E-state index contributed by atoms with van der Waals surface area (Å²) >= 11 is 0. The van der Waals surface area contributed by atoms with Gasteiger partial charge in [0.15, 0.2) is 0 Å². The van der Waals surface area contributed by atoms with Crippen LogP contribution in [0.15, 0.2) is 35.2 Å². The standard InChI is InChI=1S/C14H20N2O3S/c1-14(2,3)15-13(17)12-9-10-16(12)20(18,19)11-7-5-4-6-8-11/h4-8,12H,9-10H2,1-3H3,(H,15,17). The summed E-state index contributed by atoms with van der Waals surface area (Å²) in [5.74, 6) is -0.233. The van der Waals surface area contributed by atoms with Gasteiger partial charge in [-0.1, -0.05) is 18.2 Å². The molecular formula is C14H20N2O3S. The van der Waals surface area contributed by atoms with Crippen molar-refractivity contribution in [3.8, 4) is 0 Å². The maximum Gasteiger partial charge on any atom is 0.243 e. The third kappa shape index (κ3) is 3.02. The van der Waals surface area contributed by atoms with Gasteiger partial charge in [0.2, 0.25) is 15.9 Å². The van der Waals surface area contributed by atoms with E-state index in [9.17, 15) is 13.2 Å². The van der Waals surface area contributed by atoms with Crippen molar-refractivity contribution >= 4 is 15.9 Å². The molecule has 5 nitrogen and oxygen atoms in total. The third-order valence-corrected chi connectivity index (χ3v) is 5.04. The van der Waals surface area contributed by atoms with Crippen LogP contribution in [0.25, 0.3) is 0 Å². The number of hydrogen-bond acceptors (Lipinski definition) is 3. The highest BCUT2D eigenvalue weighted by atomic mass is 32.2. The van der Waals surface area contributed by atoms with E-state index in [4.69, 9.17) is 0 Å². The number of benzene rings is 1. The predicted molar refractivity (Wildman–Crippen MR) is 76.6 cm³/mol. The Labute approximate surface area is 120 Å². The summed E-state index contributed by atoms with van der Waals surface area (Å²) in [6, 6.07) is 7.62. The maximum absolute atomic E-state index is 12.4. The molecule has 1 aliphatic heterocycles. The second kappa shape index (κ2) is 5.18. The van der Waals surface area contributed by atoms with Crippen LogP contribution in [0.4, 0.5) is 0 Å². The zero-order valence-electron chi connectivity index (χ0n) is 12.0. The van der Waals surface area contributed by atoms with E-state index in [1.165, 1.54) is 4.31 Å². The molecule has 1 saturated heterocycles.